The predicted octanol–water partition coefficient (Wildman–Crippen LogP) is 3.32. The third-order valence-electron chi connectivity index (χ3n) is 2.35. The molecule has 0 aromatic carbocycles. The van der Waals surface area contributed by atoms with Gasteiger partial charge in [0.05, 0.1) is 0 Å². The van der Waals surface area contributed by atoms with Gasteiger partial charge in [-0.2, -0.15) is 0 Å². The molecule has 3 heteroatoms. The maximum Gasteiger partial charge on any atom is 0.343 e. The van der Waals surface area contributed by atoms with Crippen molar-refractivity contribution in [3.63, 3.8) is 0 Å². The van der Waals surface area contributed by atoms with E-state index in [9.17, 15) is 0 Å². The molecule has 0 unspecified atom stereocenters. The molecule has 0 spiro atoms. The highest BCUT2D eigenvalue weighted by atomic mass is 28.4. The average Bonchev–Trinajstić information content (AvgIpc) is 1.98. The van der Waals surface area contributed by atoms with Crippen LogP contribution in [-0.4, -0.2) is 21.8 Å². The molecule has 0 aromatic rings. The minimum atomic E-state index is -1.99. The molecule has 0 fully saturated rings. The lowest BCUT2D eigenvalue weighted by Gasteiger charge is -2.37. The van der Waals surface area contributed by atoms with Crippen LogP contribution >= 0.6 is 0 Å². The van der Waals surface area contributed by atoms with Crippen molar-refractivity contribution >= 4 is 8.56 Å². The van der Waals surface area contributed by atoms with E-state index >= 15 is 0 Å². The van der Waals surface area contributed by atoms with E-state index in [4.69, 9.17) is 8.85 Å². The van der Waals surface area contributed by atoms with Gasteiger partial charge in [0.25, 0.3) is 0 Å². The normalized spacial score (nSPS) is 13.4. The Labute approximate surface area is 83.9 Å². The summed E-state index contributed by atoms with van der Waals surface area (Å²) in [6.45, 7) is 12.9. The van der Waals surface area contributed by atoms with Gasteiger partial charge < -0.3 is 8.85 Å². The maximum absolute atomic E-state index is 6.03. The SMILES string of the molecule is CO[Si](OC(C)C)(C(C)C)C(C)C. The molecule has 0 saturated heterocycles. The highest BCUT2D eigenvalue weighted by Crippen LogP contribution is 2.34. The number of hydrogen-bond donors (Lipinski definition) is 0. The third-order valence-corrected chi connectivity index (χ3v) is 7.05. The molecule has 2 nitrogen and oxygen atoms in total. The quantitative estimate of drug-likeness (QED) is 0.640. The van der Waals surface area contributed by atoms with E-state index in [0.29, 0.717) is 11.1 Å². The zero-order chi connectivity index (χ0) is 10.6. The van der Waals surface area contributed by atoms with Crippen LogP contribution in [0.5, 0.6) is 0 Å². The van der Waals surface area contributed by atoms with E-state index in [2.05, 4.69) is 41.5 Å². The van der Waals surface area contributed by atoms with Crippen LogP contribution in [0.25, 0.3) is 0 Å². The van der Waals surface area contributed by atoms with Crippen molar-refractivity contribution in [3.05, 3.63) is 0 Å². The first kappa shape index (κ1) is 13.1. The molecule has 0 N–H and O–H groups in total. The topological polar surface area (TPSA) is 18.5 Å². The van der Waals surface area contributed by atoms with Crippen LogP contribution in [0.1, 0.15) is 41.5 Å². The van der Waals surface area contributed by atoms with Gasteiger partial charge in [0, 0.05) is 13.2 Å². The van der Waals surface area contributed by atoms with E-state index in [1.165, 1.54) is 0 Å². The molecule has 0 aliphatic heterocycles. The van der Waals surface area contributed by atoms with Crippen LogP contribution in [-0.2, 0) is 8.85 Å². The molecule has 0 aliphatic rings. The van der Waals surface area contributed by atoms with Crippen LogP contribution < -0.4 is 0 Å². The van der Waals surface area contributed by atoms with Crippen molar-refractivity contribution in [1.82, 2.24) is 0 Å². The van der Waals surface area contributed by atoms with Gasteiger partial charge in [0.15, 0.2) is 0 Å². The molecule has 13 heavy (non-hydrogen) atoms. The van der Waals surface area contributed by atoms with Crippen LogP contribution in [0.3, 0.4) is 0 Å². The zero-order valence-electron chi connectivity index (χ0n) is 10.0. The summed E-state index contributed by atoms with van der Waals surface area (Å²) in [6, 6.07) is 0. The van der Waals surface area contributed by atoms with E-state index in [1.807, 2.05) is 0 Å². The van der Waals surface area contributed by atoms with Crippen molar-refractivity contribution in [2.24, 2.45) is 0 Å². The van der Waals surface area contributed by atoms with Gasteiger partial charge >= 0.3 is 8.56 Å². The molecule has 0 bridgehead atoms. The Morgan fingerprint density at radius 3 is 1.31 bits per heavy atom. The fraction of sp³-hybridized carbons (Fsp3) is 1.00. The fourth-order valence-corrected chi connectivity index (χ4v) is 5.48. The predicted molar refractivity (Wildman–Crippen MR) is 59.2 cm³/mol. The Morgan fingerprint density at radius 1 is 0.846 bits per heavy atom. The summed E-state index contributed by atoms with van der Waals surface area (Å²) in [5, 5.41) is 0. The standard InChI is InChI=1S/C10H24O2Si/c1-8(2)12-13(11-7,9(3)4)10(5)6/h8-10H,1-7H3. The van der Waals surface area contributed by atoms with E-state index < -0.39 is 8.56 Å². The highest BCUT2D eigenvalue weighted by molar-refractivity contribution is 6.70. The Hall–Kier alpha value is 0.137. The summed E-state index contributed by atoms with van der Waals surface area (Å²) in [7, 11) is -0.201. The molecular weight excluding hydrogens is 180 g/mol. The Kier molecular flexibility index (Phi) is 5.18. The molecule has 0 rings (SSSR count). The molecular formula is C10H24O2Si. The van der Waals surface area contributed by atoms with Crippen molar-refractivity contribution in [2.75, 3.05) is 7.11 Å². The summed E-state index contributed by atoms with van der Waals surface area (Å²) in [6.07, 6.45) is 0.261. The lowest BCUT2D eigenvalue weighted by Crippen LogP contribution is -2.48. The van der Waals surface area contributed by atoms with Crippen LogP contribution in [0.15, 0.2) is 0 Å². The van der Waals surface area contributed by atoms with Crippen LogP contribution in [0.4, 0.5) is 0 Å². The van der Waals surface area contributed by atoms with E-state index in [0.717, 1.165) is 0 Å². The molecule has 0 atom stereocenters. The van der Waals surface area contributed by atoms with Gasteiger partial charge in [-0.15, -0.1) is 0 Å². The third kappa shape index (κ3) is 3.08. The van der Waals surface area contributed by atoms with Crippen molar-refractivity contribution < 1.29 is 8.85 Å². The van der Waals surface area contributed by atoms with Gasteiger partial charge in [-0.3, -0.25) is 0 Å². The number of rotatable bonds is 5. The second-order valence-electron chi connectivity index (χ2n) is 4.40. The summed E-state index contributed by atoms with van der Waals surface area (Å²) in [4.78, 5) is 0. The lowest BCUT2D eigenvalue weighted by molar-refractivity contribution is 0.140. The second kappa shape index (κ2) is 5.13. The molecule has 0 heterocycles. The summed E-state index contributed by atoms with van der Waals surface area (Å²) < 4.78 is 11.7. The van der Waals surface area contributed by atoms with Crippen molar-refractivity contribution in [1.29, 1.82) is 0 Å². The van der Waals surface area contributed by atoms with Gasteiger partial charge in [-0.05, 0) is 24.9 Å². The van der Waals surface area contributed by atoms with E-state index in [1.54, 1.807) is 7.11 Å². The van der Waals surface area contributed by atoms with Crippen molar-refractivity contribution in [2.45, 2.75) is 58.7 Å². The molecule has 80 valence electrons. The maximum atomic E-state index is 6.03. The second-order valence-corrected chi connectivity index (χ2v) is 8.80. The van der Waals surface area contributed by atoms with Gasteiger partial charge in [0.2, 0.25) is 0 Å². The summed E-state index contributed by atoms with van der Waals surface area (Å²) in [5.74, 6) is 0. The Balaban J connectivity index is 4.65. The van der Waals surface area contributed by atoms with Gasteiger partial charge in [-0.25, -0.2) is 0 Å². The van der Waals surface area contributed by atoms with Crippen LogP contribution in [0.2, 0.25) is 11.1 Å². The van der Waals surface area contributed by atoms with Crippen LogP contribution in [0, 0.1) is 0 Å². The average molecular weight is 204 g/mol. The monoisotopic (exact) mass is 204 g/mol. The van der Waals surface area contributed by atoms with E-state index in [-0.39, 0.29) is 6.10 Å². The zero-order valence-corrected chi connectivity index (χ0v) is 11.0. The molecule has 0 amide bonds. The summed E-state index contributed by atoms with van der Waals surface area (Å²) >= 11 is 0. The largest absolute Gasteiger partial charge is 0.397 e. The highest BCUT2D eigenvalue weighted by Gasteiger charge is 2.44. The minimum absolute atomic E-state index is 0.261. The van der Waals surface area contributed by atoms with Gasteiger partial charge in [-0.1, -0.05) is 27.7 Å². The smallest absolute Gasteiger partial charge is 0.343 e. The number of hydrogen-bond acceptors (Lipinski definition) is 2. The van der Waals surface area contributed by atoms with Crippen molar-refractivity contribution in [3.8, 4) is 0 Å². The lowest BCUT2D eigenvalue weighted by atomic mass is 10.5. The molecule has 0 aliphatic carbocycles. The minimum Gasteiger partial charge on any atom is -0.397 e. The molecule has 0 radical (unpaired) electrons. The molecule has 0 saturated carbocycles. The first-order valence-corrected chi connectivity index (χ1v) is 7.06. The van der Waals surface area contributed by atoms with Gasteiger partial charge in [0.1, 0.15) is 0 Å². The Morgan fingerprint density at radius 2 is 1.23 bits per heavy atom. The fourth-order valence-electron chi connectivity index (χ4n) is 1.83. The summed E-state index contributed by atoms with van der Waals surface area (Å²) in [5.41, 5.74) is 1.000. The molecule has 0 aromatic heterocycles. The first-order chi connectivity index (χ1) is 5.86. The Bertz CT molecular complexity index is 136. The first-order valence-electron chi connectivity index (χ1n) is 5.09.